The standard InChI is InChI=1S/C29H39NO4/c1-3-33-28(32)13-12-23-8-6-7-11-27(23)21(2)34-20-26(31)19-30-29(14-15-29)18-22-16-24-9-4-5-10-25(24)17-22/h4-11,21-22,26,30-31H,3,12-20H2,1-2H3/t21-,26-/m1/s1. The van der Waals surface area contributed by atoms with Crippen LogP contribution in [0.3, 0.4) is 0 Å². The number of carbonyl (C=O) groups is 1. The van der Waals surface area contributed by atoms with Gasteiger partial charge in [-0.1, -0.05) is 48.5 Å². The summed E-state index contributed by atoms with van der Waals surface area (Å²) in [5, 5.41) is 14.3. The van der Waals surface area contributed by atoms with Gasteiger partial charge in [0, 0.05) is 18.5 Å². The zero-order valence-electron chi connectivity index (χ0n) is 20.6. The molecule has 1 saturated carbocycles. The van der Waals surface area contributed by atoms with E-state index in [0.29, 0.717) is 31.9 Å². The average molecular weight is 466 g/mol. The van der Waals surface area contributed by atoms with Gasteiger partial charge in [-0.15, -0.1) is 0 Å². The maximum absolute atomic E-state index is 11.7. The fourth-order valence-corrected chi connectivity index (χ4v) is 5.32. The fraction of sp³-hybridized carbons (Fsp3) is 0.552. The van der Waals surface area contributed by atoms with Crippen molar-refractivity contribution < 1.29 is 19.4 Å². The van der Waals surface area contributed by atoms with Gasteiger partial charge in [0.15, 0.2) is 0 Å². The maximum atomic E-state index is 11.7. The number of aliphatic hydroxyl groups is 1. The molecule has 2 aliphatic carbocycles. The molecule has 0 amide bonds. The number of benzene rings is 2. The molecule has 5 heteroatoms. The number of fused-ring (bicyclic) bond motifs is 1. The van der Waals surface area contributed by atoms with Crippen LogP contribution in [0.15, 0.2) is 48.5 Å². The van der Waals surface area contributed by atoms with Crippen molar-refractivity contribution in [1.82, 2.24) is 5.32 Å². The summed E-state index contributed by atoms with van der Waals surface area (Å²) >= 11 is 0. The van der Waals surface area contributed by atoms with E-state index in [2.05, 4.69) is 29.6 Å². The predicted molar refractivity (Wildman–Crippen MR) is 134 cm³/mol. The number of rotatable bonds is 13. The van der Waals surface area contributed by atoms with Crippen molar-refractivity contribution in [2.24, 2.45) is 5.92 Å². The Bertz CT molecular complexity index is 930. The molecule has 0 spiro atoms. The van der Waals surface area contributed by atoms with Gasteiger partial charge in [-0.25, -0.2) is 0 Å². The molecule has 0 bridgehead atoms. The minimum absolute atomic E-state index is 0.153. The van der Waals surface area contributed by atoms with Crippen molar-refractivity contribution in [1.29, 1.82) is 0 Å². The van der Waals surface area contributed by atoms with Crippen LogP contribution in [0.5, 0.6) is 0 Å². The van der Waals surface area contributed by atoms with Gasteiger partial charge in [-0.3, -0.25) is 4.79 Å². The Hall–Kier alpha value is -2.21. The summed E-state index contributed by atoms with van der Waals surface area (Å²) in [5.74, 6) is 0.523. The fourth-order valence-electron chi connectivity index (χ4n) is 5.32. The molecule has 2 N–H and O–H groups in total. The summed E-state index contributed by atoms with van der Waals surface area (Å²) in [6.07, 6.45) is 6.21. The molecule has 2 aliphatic rings. The van der Waals surface area contributed by atoms with Gasteiger partial charge < -0.3 is 19.9 Å². The van der Waals surface area contributed by atoms with E-state index < -0.39 is 6.10 Å². The topological polar surface area (TPSA) is 67.8 Å². The summed E-state index contributed by atoms with van der Waals surface area (Å²) in [4.78, 5) is 11.7. The minimum atomic E-state index is -0.549. The Morgan fingerprint density at radius 1 is 1.12 bits per heavy atom. The molecule has 0 unspecified atom stereocenters. The van der Waals surface area contributed by atoms with Crippen LogP contribution in [-0.4, -0.2) is 42.5 Å². The largest absolute Gasteiger partial charge is 0.466 e. The van der Waals surface area contributed by atoms with E-state index in [9.17, 15) is 9.90 Å². The van der Waals surface area contributed by atoms with E-state index in [0.717, 1.165) is 11.1 Å². The monoisotopic (exact) mass is 465 g/mol. The highest BCUT2D eigenvalue weighted by Gasteiger charge is 2.44. The van der Waals surface area contributed by atoms with Crippen LogP contribution in [0, 0.1) is 5.92 Å². The molecule has 1 fully saturated rings. The summed E-state index contributed by atoms with van der Waals surface area (Å²) in [7, 11) is 0. The lowest BCUT2D eigenvalue weighted by Crippen LogP contribution is -2.40. The molecular weight excluding hydrogens is 426 g/mol. The highest BCUT2D eigenvalue weighted by molar-refractivity contribution is 5.69. The van der Waals surface area contributed by atoms with E-state index in [4.69, 9.17) is 9.47 Å². The number of aryl methyl sites for hydroxylation is 1. The predicted octanol–water partition coefficient (Wildman–Crippen LogP) is 4.55. The first-order valence-corrected chi connectivity index (χ1v) is 12.8. The molecule has 4 rings (SSSR count). The molecule has 0 aliphatic heterocycles. The van der Waals surface area contributed by atoms with E-state index in [1.54, 1.807) is 0 Å². The normalized spacial score (nSPS) is 18.3. The molecule has 0 heterocycles. The SMILES string of the molecule is CCOC(=O)CCc1ccccc1[C@@H](C)OC[C@H](O)CNC1(CC2Cc3ccccc3C2)CC1. The van der Waals surface area contributed by atoms with Gasteiger partial charge in [0.2, 0.25) is 0 Å². The summed E-state index contributed by atoms with van der Waals surface area (Å²) < 4.78 is 11.1. The Labute approximate surface area is 203 Å². The molecule has 2 atom stereocenters. The van der Waals surface area contributed by atoms with Gasteiger partial charge in [0.05, 0.1) is 25.4 Å². The third-order valence-corrected chi connectivity index (χ3v) is 7.32. The molecule has 0 saturated heterocycles. The van der Waals surface area contributed by atoms with Crippen LogP contribution < -0.4 is 5.32 Å². The molecule has 5 nitrogen and oxygen atoms in total. The second-order valence-corrected chi connectivity index (χ2v) is 10.0. The third-order valence-electron chi connectivity index (χ3n) is 7.32. The van der Waals surface area contributed by atoms with Crippen LogP contribution in [-0.2, 0) is 33.5 Å². The highest BCUT2D eigenvalue weighted by Crippen LogP contribution is 2.44. The van der Waals surface area contributed by atoms with Crippen molar-refractivity contribution in [3.63, 3.8) is 0 Å². The quantitative estimate of drug-likeness (QED) is 0.425. The molecule has 184 valence electrons. The minimum Gasteiger partial charge on any atom is -0.466 e. The van der Waals surface area contributed by atoms with Gasteiger partial charge in [-0.2, -0.15) is 0 Å². The van der Waals surface area contributed by atoms with Crippen LogP contribution >= 0.6 is 0 Å². The lowest BCUT2D eigenvalue weighted by atomic mass is 9.95. The van der Waals surface area contributed by atoms with Crippen molar-refractivity contribution >= 4 is 5.97 Å². The summed E-state index contributed by atoms with van der Waals surface area (Å²) in [6.45, 7) is 5.06. The molecule has 0 aromatic heterocycles. The Morgan fingerprint density at radius 2 is 1.79 bits per heavy atom. The summed E-state index contributed by atoms with van der Waals surface area (Å²) in [6, 6.07) is 16.8. The second-order valence-electron chi connectivity index (χ2n) is 10.0. The van der Waals surface area contributed by atoms with Crippen LogP contribution in [0.2, 0.25) is 0 Å². The zero-order valence-corrected chi connectivity index (χ0v) is 20.6. The Morgan fingerprint density at radius 3 is 2.47 bits per heavy atom. The van der Waals surface area contributed by atoms with Gasteiger partial charge in [-0.05, 0) is 80.5 Å². The number of β-amino-alcohol motifs (C(OH)–C–C–N with tert-alkyl or cyclic N) is 1. The average Bonchev–Trinajstić information content (AvgIpc) is 3.48. The van der Waals surface area contributed by atoms with Gasteiger partial charge in [0.1, 0.15) is 0 Å². The van der Waals surface area contributed by atoms with Gasteiger partial charge in [0.25, 0.3) is 0 Å². The number of hydrogen-bond acceptors (Lipinski definition) is 5. The van der Waals surface area contributed by atoms with Crippen LogP contribution in [0.1, 0.15) is 67.9 Å². The second kappa shape index (κ2) is 11.5. The van der Waals surface area contributed by atoms with E-state index in [-0.39, 0.29) is 24.2 Å². The van der Waals surface area contributed by atoms with E-state index >= 15 is 0 Å². The lowest BCUT2D eigenvalue weighted by molar-refractivity contribution is -0.143. The zero-order chi connectivity index (χ0) is 24.0. The van der Waals surface area contributed by atoms with E-state index in [1.165, 1.54) is 43.2 Å². The first-order chi connectivity index (χ1) is 16.5. The molecule has 34 heavy (non-hydrogen) atoms. The Kier molecular flexibility index (Phi) is 8.41. The number of aliphatic hydroxyl groups excluding tert-OH is 1. The number of hydrogen-bond donors (Lipinski definition) is 2. The molecule has 0 radical (unpaired) electrons. The Balaban J connectivity index is 1.20. The maximum Gasteiger partial charge on any atom is 0.306 e. The van der Waals surface area contributed by atoms with Crippen LogP contribution in [0.4, 0.5) is 0 Å². The smallest absolute Gasteiger partial charge is 0.306 e. The molecule has 2 aromatic carbocycles. The number of nitrogens with one attached hydrogen (secondary N) is 1. The third kappa shape index (κ3) is 6.68. The first-order valence-electron chi connectivity index (χ1n) is 12.8. The van der Waals surface area contributed by atoms with Crippen molar-refractivity contribution in [3.05, 3.63) is 70.8 Å². The van der Waals surface area contributed by atoms with Crippen LogP contribution in [0.25, 0.3) is 0 Å². The highest BCUT2D eigenvalue weighted by atomic mass is 16.5. The molecule has 2 aromatic rings. The first kappa shape index (κ1) is 24.9. The van der Waals surface area contributed by atoms with Crippen molar-refractivity contribution in [2.75, 3.05) is 19.8 Å². The van der Waals surface area contributed by atoms with Gasteiger partial charge >= 0.3 is 5.97 Å². The van der Waals surface area contributed by atoms with E-state index in [1.807, 2.05) is 38.1 Å². The number of esters is 1. The van der Waals surface area contributed by atoms with Crippen molar-refractivity contribution in [2.45, 2.75) is 76.5 Å². The summed E-state index contributed by atoms with van der Waals surface area (Å²) in [5.41, 5.74) is 5.36. The lowest BCUT2D eigenvalue weighted by Gasteiger charge is -2.24. The number of ether oxygens (including phenoxy) is 2. The van der Waals surface area contributed by atoms with Crippen molar-refractivity contribution in [3.8, 4) is 0 Å². The number of carbonyl (C=O) groups excluding carboxylic acids is 1. The molecular formula is C29H39NO4.